The molecule has 1 atom stereocenters. The molecule has 0 bridgehead atoms. The Hall–Kier alpha value is -1.52. The Kier molecular flexibility index (Phi) is 5.86. The molecule has 3 nitrogen and oxygen atoms in total. The van der Waals surface area contributed by atoms with Crippen LogP contribution in [-0.4, -0.2) is 12.0 Å². The van der Waals surface area contributed by atoms with Crippen molar-refractivity contribution in [2.24, 2.45) is 0 Å². The van der Waals surface area contributed by atoms with Crippen LogP contribution in [0.4, 0.5) is 5.69 Å². The zero-order chi connectivity index (χ0) is 16.1. The molecule has 1 unspecified atom stereocenters. The third-order valence-electron chi connectivity index (χ3n) is 3.18. The summed E-state index contributed by atoms with van der Waals surface area (Å²) in [4.78, 5) is 12.3. The van der Waals surface area contributed by atoms with Gasteiger partial charge in [0, 0.05) is 15.2 Å². The second kappa shape index (κ2) is 7.65. The summed E-state index contributed by atoms with van der Waals surface area (Å²) in [5.41, 5.74) is 1.66. The molecule has 1 amide bonds. The van der Waals surface area contributed by atoms with E-state index in [2.05, 4.69) is 21.2 Å². The molecule has 0 heterocycles. The van der Waals surface area contributed by atoms with E-state index in [1.165, 1.54) is 0 Å². The molecule has 0 aliphatic carbocycles. The second-order valence-corrected chi connectivity index (χ2v) is 6.24. The van der Waals surface area contributed by atoms with Crippen LogP contribution in [-0.2, 0) is 4.79 Å². The van der Waals surface area contributed by atoms with Gasteiger partial charge in [0.1, 0.15) is 5.75 Å². The van der Waals surface area contributed by atoms with Gasteiger partial charge in [0.05, 0.1) is 0 Å². The Balaban J connectivity index is 2.05. The van der Waals surface area contributed by atoms with E-state index in [4.69, 9.17) is 16.3 Å². The van der Waals surface area contributed by atoms with Gasteiger partial charge in [-0.05, 0) is 61.4 Å². The van der Waals surface area contributed by atoms with Gasteiger partial charge in [-0.3, -0.25) is 4.79 Å². The van der Waals surface area contributed by atoms with E-state index in [-0.39, 0.29) is 5.91 Å². The molecular weight excluding hydrogens is 366 g/mol. The minimum atomic E-state index is -0.552. The SMILES string of the molecule is CCC(Oc1ccc(Cl)c(C)c1)C(=O)Nc1ccc(Br)cc1. The highest BCUT2D eigenvalue weighted by atomic mass is 79.9. The van der Waals surface area contributed by atoms with Crippen LogP contribution >= 0.6 is 27.5 Å². The van der Waals surface area contributed by atoms with Crippen LogP contribution in [0.3, 0.4) is 0 Å². The Morgan fingerprint density at radius 2 is 1.95 bits per heavy atom. The first-order valence-corrected chi connectivity index (χ1v) is 8.16. The predicted molar refractivity (Wildman–Crippen MR) is 93.7 cm³/mol. The van der Waals surface area contributed by atoms with Crippen LogP contribution in [0.25, 0.3) is 0 Å². The molecule has 0 saturated heterocycles. The second-order valence-electron chi connectivity index (χ2n) is 4.92. The number of hydrogen-bond donors (Lipinski definition) is 1. The normalized spacial score (nSPS) is 11.8. The van der Waals surface area contributed by atoms with Gasteiger partial charge in [0.2, 0.25) is 0 Å². The largest absolute Gasteiger partial charge is 0.481 e. The number of aryl methyl sites for hydroxylation is 1. The van der Waals surface area contributed by atoms with Crippen LogP contribution in [0.5, 0.6) is 5.75 Å². The number of amides is 1. The van der Waals surface area contributed by atoms with Gasteiger partial charge >= 0.3 is 0 Å². The first-order valence-electron chi connectivity index (χ1n) is 6.99. The van der Waals surface area contributed by atoms with Gasteiger partial charge in [-0.15, -0.1) is 0 Å². The summed E-state index contributed by atoms with van der Waals surface area (Å²) in [6.07, 6.45) is 0.0218. The summed E-state index contributed by atoms with van der Waals surface area (Å²) in [7, 11) is 0. The van der Waals surface area contributed by atoms with Gasteiger partial charge in [-0.25, -0.2) is 0 Å². The molecule has 22 heavy (non-hydrogen) atoms. The summed E-state index contributed by atoms with van der Waals surface area (Å²) in [6, 6.07) is 12.8. The van der Waals surface area contributed by atoms with Crippen molar-refractivity contribution >= 4 is 39.1 Å². The number of ether oxygens (including phenoxy) is 1. The lowest BCUT2D eigenvalue weighted by atomic mass is 10.2. The number of carbonyl (C=O) groups excluding carboxylic acids is 1. The van der Waals surface area contributed by atoms with E-state index >= 15 is 0 Å². The van der Waals surface area contributed by atoms with E-state index in [1.54, 1.807) is 12.1 Å². The van der Waals surface area contributed by atoms with Crippen molar-refractivity contribution < 1.29 is 9.53 Å². The molecule has 116 valence electrons. The van der Waals surface area contributed by atoms with Crippen LogP contribution in [0.15, 0.2) is 46.9 Å². The number of anilines is 1. The molecule has 0 saturated carbocycles. The molecule has 2 aromatic carbocycles. The van der Waals surface area contributed by atoms with Gasteiger partial charge in [-0.1, -0.05) is 34.5 Å². The van der Waals surface area contributed by atoms with E-state index in [0.717, 1.165) is 15.7 Å². The molecule has 5 heteroatoms. The Morgan fingerprint density at radius 1 is 1.27 bits per heavy atom. The number of rotatable bonds is 5. The minimum Gasteiger partial charge on any atom is -0.481 e. The van der Waals surface area contributed by atoms with E-state index in [1.807, 2.05) is 44.2 Å². The minimum absolute atomic E-state index is 0.169. The number of nitrogens with one attached hydrogen (secondary N) is 1. The zero-order valence-corrected chi connectivity index (χ0v) is 14.7. The summed E-state index contributed by atoms with van der Waals surface area (Å²) in [6.45, 7) is 3.81. The summed E-state index contributed by atoms with van der Waals surface area (Å²) < 4.78 is 6.74. The van der Waals surface area contributed by atoms with Crippen LogP contribution in [0.2, 0.25) is 5.02 Å². The first kappa shape index (κ1) is 16.8. The smallest absolute Gasteiger partial charge is 0.265 e. The van der Waals surface area contributed by atoms with Crippen LogP contribution in [0, 0.1) is 6.92 Å². The molecule has 0 fully saturated rings. The molecule has 2 rings (SSSR count). The fourth-order valence-corrected chi connectivity index (χ4v) is 2.31. The molecule has 2 aromatic rings. The number of benzene rings is 2. The lowest BCUT2D eigenvalue weighted by molar-refractivity contribution is -0.122. The van der Waals surface area contributed by atoms with Crippen LogP contribution in [0.1, 0.15) is 18.9 Å². The molecule has 0 aliphatic rings. The van der Waals surface area contributed by atoms with E-state index in [9.17, 15) is 4.79 Å². The maximum Gasteiger partial charge on any atom is 0.265 e. The Labute approximate surface area is 143 Å². The quantitative estimate of drug-likeness (QED) is 0.771. The number of carbonyl (C=O) groups is 1. The molecular formula is C17H17BrClNO2. The van der Waals surface area contributed by atoms with Gasteiger partial charge in [-0.2, -0.15) is 0 Å². The zero-order valence-electron chi connectivity index (χ0n) is 12.4. The first-order chi connectivity index (χ1) is 10.5. The maximum absolute atomic E-state index is 12.3. The number of hydrogen-bond acceptors (Lipinski definition) is 2. The van der Waals surface area contributed by atoms with Crippen molar-refractivity contribution in [3.05, 3.63) is 57.5 Å². The fourth-order valence-electron chi connectivity index (χ4n) is 1.93. The van der Waals surface area contributed by atoms with E-state index < -0.39 is 6.10 Å². The summed E-state index contributed by atoms with van der Waals surface area (Å²) in [5.74, 6) is 0.470. The van der Waals surface area contributed by atoms with Crippen molar-refractivity contribution in [1.29, 1.82) is 0 Å². The van der Waals surface area contributed by atoms with Crippen molar-refractivity contribution in [1.82, 2.24) is 0 Å². The monoisotopic (exact) mass is 381 g/mol. The van der Waals surface area contributed by atoms with Gasteiger partial charge < -0.3 is 10.1 Å². The standard InChI is InChI=1S/C17H17BrClNO2/c1-3-16(22-14-8-9-15(19)11(2)10-14)17(21)20-13-6-4-12(18)5-7-13/h4-10,16H,3H2,1-2H3,(H,20,21). The maximum atomic E-state index is 12.3. The molecule has 0 aliphatic heterocycles. The van der Waals surface area contributed by atoms with E-state index in [0.29, 0.717) is 17.2 Å². The fraction of sp³-hybridized carbons (Fsp3) is 0.235. The predicted octanol–water partition coefficient (Wildman–Crippen LogP) is 5.21. The molecule has 0 aromatic heterocycles. The average Bonchev–Trinajstić information content (AvgIpc) is 2.50. The number of halogens is 2. The highest BCUT2D eigenvalue weighted by Crippen LogP contribution is 2.23. The van der Waals surface area contributed by atoms with Crippen molar-refractivity contribution in [3.8, 4) is 5.75 Å². The van der Waals surface area contributed by atoms with Gasteiger partial charge in [0.15, 0.2) is 6.10 Å². The molecule has 1 N–H and O–H groups in total. The summed E-state index contributed by atoms with van der Waals surface area (Å²) >= 11 is 9.36. The lowest BCUT2D eigenvalue weighted by Crippen LogP contribution is -2.32. The van der Waals surface area contributed by atoms with Crippen molar-refractivity contribution in [2.75, 3.05) is 5.32 Å². The average molecular weight is 383 g/mol. The third kappa shape index (κ3) is 4.49. The Bertz CT molecular complexity index is 658. The highest BCUT2D eigenvalue weighted by molar-refractivity contribution is 9.10. The van der Waals surface area contributed by atoms with Crippen LogP contribution < -0.4 is 10.1 Å². The summed E-state index contributed by atoms with van der Waals surface area (Å²) in [5, 5.41) is 3.54. The van der Waals surface area contributed by atoms with Crippen molar-refractivity contribution in [2.45, 2.75) is 26.4 Å². The lowest BCUT2D eigenvalue weighted by Gasteiger charge is -2.18. The Morgan fingerprint density at radius 3 is 2.55 bits per heavy atom. The molecule has 0 spiro atoms. The topological polar surface area (TPSA) is 38.3 Å². The highest BCUT2D eigenvalue weighted by Gasteiger charge is 2.18. The third-order valence-corrected chi connectivity index (χ3v) is 4.14. The van der Waals surface area contributed by atoms with Gasteiger partial charge in [0.25, 0.3) is 5.91 Å². The molecule has 0 radical (unpaired) electrons. The van der Waals surface area contributed by atoms with Crippen molar-refractivity contribution in [3.63, 3.8) is 0 Å².